The number of carbonyl (C=O) groups is 2. The molecule has 0 radical (unpaired) electrons. The van der Waals surface area contributed by atoms with E-state index >= 15 is 0 Å². The number of carbonyl (C=O) groups excluding carboxylic acids is 2. The molecule has 0 saturated carbocycles. The quantitative estimate of drug-likeness (QED) is 0.913. The van der Waals surface area contributed by atoms with Gasteiger partial charge in [-0.2, -0.15) is 0 Å². The van der Waals surface area contributed by atoms with Crippen molar-refractivity contribution in [2.24, 2.45) is 0 Å². The molecule has 2 heterocycles. The van der Waals surface area contributed by atoms with E-state index in [2.05, 4.69) is 15.3 Å². The van der Waals surface area contributed by atoms with Gasteiger partial charge in [-0.25, -0.2) is 14.8 Å². The molecule has 0 atom stereocenters. The van der Waals surface area contributed by atoms with Crippen LogP contribution >= 0.6 is 0 Å². The highest BCUT2D eigenvalue weighted by Gasteiger charge is 2.25. The van der Waals surface area contributed by atoms with Crippen LogP contribution in [0.15, 0.2) is 6.07 Å². The van der Waals surface area contributed by atoms with Crippen molar-refractivity contribution in [1.29, 1.82) is 0 Å². The standard InChI is InChI=1S/C15H22N4O3/c1-4-22-15(21)19-7-5-12(6-8-19)18-14(20)13-9-10(2)16-11(3)17-13/h9,12H,4-8H2,1-3H3,(H,18,20). The smallest absolute Gasteiger partial charge is 0.409 e. The van der Waals surface area contributed by atoms with Crippen LogP contribution < -0.4 is 5.32 Å². The van der Waals surface area contributed by atoms with Crippen LogP contribution in [0.4, 0.5) is 4.79 Å². The molecule has 0 spiro atoms. The van der Waals surface area contributed by atoms with Crippen molar-refractivity contribution < 1.29 is 14.3 Å². The van der Waals surface area contributed by atoms with Crippen LogP contribution in [0.3, 0.4) is 0 Å². The minimum absolute atomic E-state index is 0.0498. The van der Waals surface area contributed by atoms with E-state index in [1.54, 1.807) is 24.8 Å². The summed E-state index contributed by atoms with van der Waals surface area (Å²) >= 11 is 0. The molecule has 0 unspecified atom stereocenters. The fourth-order valence-electron chi connectivity index (χ4n) is 2.51. The molecule has 1 N–H and O–H groups in total. The molecule has 1 saturated heterocycles. The summed E-state index contributed by atoms with van der Waals surface area (Å²) in [6.45, 7) is 6.95. The van der Waals surface area contributed by atoms with Crippen molar-refractivity contribution in [1.82, 2.24) is 20.2 Å². The highest BCUT2D eigenvalue weighted by molar-refractivity contribution is 5.92. The van der Waals surface area contributed by atoms with E-state index in [0.29, 0.717) is 44.1 Å². The predicted octanol–water partition coefficient (Wildman–Crippen LogP) is 1.44. The zero-order valence-corrected chi connectivity index (χ0v) is 13.3. The summed E-state index contributed by atoms with van der Waals surface area (Å²) in [6.07, 6.45) is 1.15. The van der Waals surface area contributed by atoms with E-state index in [1.165, 1.54) is 0 Å². The Labute approximate surface area is 130 Å². The normalized spacial score (nSPS) is 15.5. The highest BCUT2D eigenvalue weighted by Crippen LogP contribution is 2.12. The maximum atomic E-state index is 12.2. The van der Waals surface area contributed by atoms with E-state index in [1.807, 2.05) is 6.92 Å². The number of rotatable bonds is 3. The third-order valence-corrected chi connectivity index (χ3v) is 3.55. The first-order chi connectivity index (χ1) is 10.5. The molecule has 1 aliphatic heterocycles. The van der Waals surface area contributed by atoms with Crippen molar-refractivity contribution in [3.8, 4) is 0 Å². The van der Waals surface area contributed by atoms with Gasteiger partial charge in [0.25, 0.3) is 5.91 Å². The summed E-state index contributed by atoms with van der Waals surface area (Å²) in [4.78, 5) is 33.8. The first kappa shape index (κ1) is 16.2. The summed E-state index contributed by atoms with van der Waals surface area (Å²) in [7, 11) is 0. The lowest BCUT2D eigenvalue weighted by molar-refractivity contribution is 0.0856. The second-order valence-corrected chi connectivity index (χ2v) is 5.38. The average Bonchev–Trinajstić information content (AvgIpc) is 2.47. The number of aromatic nitrogens is 2. The van der Waals surface area contributed by atoms with Gasteiger partial charge in [-0.3, -0.25) is 4.79 Å². The molecule has 0 aliphatic carbocycles. The Morgan fingerprint density at radius 2 is 2.00 bits per heavy atom. The van der Waals surface area contributed by atoms with E-state index in [0.717, 1.165) is 5.69 Å². The van der Waals surface area contributed by atoms with Gasteiger partial charge in [0.15, 0.2) is 0 Å². The summed E-state index contributed by atoms with van der Waals surface area (Å²) < 4.78 is 4.98. The third-order valence-electron chi connectivity index (χ3n) is 3.55. The third kappa shape index (κ3) is 4.16. The monoisotopic (exact) mass is 306 g/mol. The zero-order valence-electron chi connectivity index (χ0n) is 13.3. The Morgan fingerprint density at radius 1 is 1.32 bits per heavy atom. The second-order valence-electron chi connectivity index (χ2n) is 5.38. The summed E-state index contributed by atoms with van der Waals surface area (Å²) in [5, 5.41) is 2.97. The Balaban J connectivity index is 1.88. The van der Waals surface area contributed by atoms with Crippen LogP contribution in [0.1, 0.15) is 41.8 Å². The van der Waals surface area contributed by atoms with Gasteiger partial charge >= 0.3 is 6.09 Å². The largest absolute Gasteiger partial charge is 0.450 e. The molecule has 7 heteroatoms. The zero-order chi connectivity index (χ0) is 16.1. The minimum Gasteiger partial charge on any atom is -0.450 e. The van der Waals surface area contributed by atoms with Gasteiger partial charge in [-0.1, -0.05) is 0 Å². The summed E-state index contributed by atoms with van der Waals surface area (Å²) in [5.41, 5.74) is 1.16. The van der Waals surface area contributed by atoms with Gasteiger partial charge in [-0.15, -0.1) is 0 Å². The molecule has 0 aromatic carbocycles. The molecule has 22 heavy (non-hydrogen) atoms. The van der Waals surface area contributed by atoms with Crippen LogP contribution in [-0.4, -0.2) is 52.6 Å². The second kappa shape index (κ2) is 7.20. The van der Waals surface area contributed by atoms with Gasteiger partial charge in [-0.05, 0) is 39.7 Å². The fraction of sp³-hybridized carbons (Fsp3) is 0.600. The van der Waals surface area contributed by atoms with Crippen molar-refractivity contribution in [2.75, 3.05) is 19.7 Å². The van der Waals surface area contributed by atoms with E-state index in [-0.39, 0.29) is 18.0 Å². The Morgan fingerprint density at radius 3 is 2.59 bits per heavy atom. The van der Waals surface area contributed by atoms with Gasteiger partial charge in [0.2, 0.25) is 0 Å². The molecule has 7 nitrogen and oxygen atoms in total. The van der Waals surface area contributed by atoms with Gasteiger partial charge < -0.3 is 15.0 Å². The van der Waals surface area contributed by atoms with Crippen LogP contribution in [0.2, 0.25) is 0 Å². The van der Waals surface area contributed by atoms with Crippen LogP contribution in [0.5, 0.6) is 0 Å². The molecular formula is C15H22N4O3. The number of aryl methyl sites for hydroxylation is 2. The van der Waals surface area contributed by atoms with Crippen LogP contribution in [-0.2, 0) is 4.74 Å². The number of nitrogens with zero attached hydrogens (tertiary/aromatic N) is 3. The molecule has 2 amide bonds. The Bertz CT molecular complexity index is 533. The summed E-state index contributed by atoms with van der Waals surface area (Å²) in [5.74, 6) is 0.394. The Kier molecular flexibility index (Phi) is 5.30. The maximum Gasteiger partial charge on any atom is 0.409 e. The van der Waals surface area contributed by atoms with Crippen molar-refractivity contribution in [3.05, 3.63) is 23.3 Å². The molecule has 1 fully saturated rings. The number of ether oxygens (including phenoxy) is 1. The maximum absolute atomic E-state index is 12.2. The Hall–Kier alpha value is -2.18. The van der Waals surface area contributed by atoms with E-state index in [4.69, 9.17) is 4.74 Å². The van der Waals surface area contributed by atoms with Crippen molar-refractivity contribution >= 4 is 12.0 Å². The molecule has 1 aliphatic rings. The molecule has 1 aromatic rings. The van der Waals surface area contributed by atoms with Crippen molar-refractivity contribution in [3.63, 3.8) is 0 Å². The number of hydrogen-bond acceptors (Lipinski definition) is 5. The number of piperidine rings is 1. The fourth-order valence-corrected chi connectivity index (χ4v) is 2.51. The minimum atomic E-state index is -0.283. The van der Waals surface area contributed by atoms with E-state index < -0.39 is 0 Å². The number of likely N-dealkylation sites (tertiary alicyclic amines) is 1. The highest BCUT2D eigenvalue weighted by atomic mass is 16.6. The topological polar surface area (TPSA) is 84.4 Å². The van der Waals surface area contributed by atoms with Crippen LogP contribution in [0, 0.1) is 13.8 Å². The van der Waals surface area contributed by atoms with E-state index in [9.17, 15) is 9.59 Å². The SMILES string of the molecule is CCOC(=O)N1CCC(NC(=O)c2cc(C)nc(C)n2)CC1. The average molecular weight is 306 g/mol. The molecule has 0 bridgehead atoms. The van der Waals surface area contributed by atoms with Crippen LogP contribution in [0.25, 0.3) is 0 Å². The number of amides is 2. The first-order valence-electron chi connectivity index (χ1n) is 7.54. The number of nitrogens with one attached hydrogen (secondary N) is 1. The molecule has 1 aromatic heterocycles. The van der Waals surface area contributed by atoms with Gasteiger partial charge in [0.1, 0.15) is 11.5 Å². The lowest BCUT2D eigenvalue weighted by Gasteiger charge is -2.31. The number of hydrogen-bond donors (Lipinski definition) is 1. The summed E-state index contributed by atoms with van der Waals surface area (Å²) in [6, 6.07) is 1.73. The lowest BCUT2D eigenvalue weighted by Crippen LogP contribution is -2.46. The van der Waals surface area contributed by atoms with Gasteiger partial charge in [0, 0.05) is 24.8 Å². The molecule has 120 valence electrons. The predicted molar refractivity (Wildman–Crippen MR) is 80.6 cm³/mol. The first-order valence-corrected chi connectivity index (χ1v) is 7.54. The van der Waals surface area contributed by atoms with Gasteiger partial charge in [0.05, 0.1) is 6.61 Å². The molecule has 2 rings (SSSR count). The van der Waals surface area contributed by atoms with Crippen molar-refractivity contribution in [2.45, 2.75) is 39.7 Å². The molecular weight excluding hydrogens is 284 g/mol. The lowest BCUT2D eigenvalue weighted by atomic mass is 10.1.